The molecule has 1 atom stereocenters. The van der Waals surface area contributed by atoms with Gasteiger partial charge in [-0.15, -0.1) is 0 Å². The summed E-state index contributed by atoms with van der Waals surface area (Å²) in [5.74, 6) is 0.0567. The van der Waals surface area contributed by atoms with Crippen LogP contribution in [0.1, 0.15) is 44.2 Å². The van der Waals surface area contributed by atoms with Gasteiger partial charge in [-0.3, -0.25) is 9.10 Å². The Balaban J connectivity index is 2.30. The standard InChI is InChI=1S/C21H28N2O3S/c1-6-20(21(24)22-18-11-9-17(10-12-18)15(2)3)23(27(5,25)26)19-13-7-16(4)8-14-19/h7-15,20H,6H2,1-5H3,(H,22,24)/t20-/m1/s1. The predicted molar refractivity (Wildman–Crippen MR) is 112 cm³/mol. The SMILES string of the molecule is CC[C@H](C(=O)Nc1ccc(C(C)C)cc1)N(c1ccc(C)cc1)S(C)(=O)=O. The molecule has 0 aliphatic rings. The highest BCUT2D eigenvalue weighted by Gasteiger charge is 2.31. The normalized spacial score (nSPS) is 12.7. The number of rotatable bonds is 7. The quantitative estimate of drug-likeness (QED) is 0.769. The zero-order valence-corrected chi connectivity index (χ0v) is 17.4. The summed E-state index contributed by atoms with van der Waals surface area (Å²) < 4.78 is 26.1. The fourth-order valence-electron chi connectivity index (χ4n) is 2.93. The molecular formula is C21H28N2O3S. The van der Waals surface area contributed by atoms with Crippen molar-refractivity contribution in [2.45, 2.75) is 46.1 Å². The van der Waals surface area contributed by atoms with E-state index in [9.17, 15) is 13.2 Å². The Bertz CT molecular complexity index is 873. The van der Waals surface area contributed by atoms with Crippen LogP contribution in [0.4, 0.5) is 11.4 Å². The van der Waals surface area contributed by atoms with Gasteiger partial charge in [-0.1, -0.05) is 50.6 Å². The maximum atomic E-state index is 12.9. The van der Waals surface area contributed by atoms with Crippen molar-refractivity contribution in [3.05, 3.63) is 59.7 Å². The van der Waals surface area contributed by atoms with E-state index in [1.807, 2.05) is 43.3 Å². The highest BCUT2D eigenvalue weighted by Crippen LogP contribution is 2.24. The molecule has 0 radical (unpaired) electrons. The van der Waals surface area contributed by atoms with E-state index < -0.39 is 16.1 Å². The third-order valence-electron chi connectivity index (χ3n) is 4.46. The highest BCUT2D eigenvalue weighted by atomic mass is 32.2. The van der Waals surface area contributed by atoms with Crippen LogP contribution in [0.2, 0.25) is 0 Å². The monoisotopic (exact) mass is 388 g/mol. The smallest absolute Gasteiger partial charge is 0.248 e. The molecule has 5 nitrogen and oxygen atoms in total. The number of nitrogens with one attached hydrogen (secondary N) is 1. The van der Waals surface area contributed by atoms with Crippen LogP contribution in [0.25, 0.3) is 0 Å². The molecule has 2 aromatic rings. The van der Waals surface area contributed by atoms with Gasteiger partial charge in [0.2, 0.25) is 15.9 Å². The minimum absolute atomic E-state index is 0.346. The molecule has 2 aromatic carbocycles. The van der Waals surface area contributed by atoms with E-state index >= 15 is 0 Å². The fourth-order valence-corrected chi connectivity index (χ4v) is 4.14. The van der Waals surface area contributed by atoms with Crippen LogP contribution < -0.4 is 9.62 Å². The van der Waals surface area contributed by atoms with E-state index in [2.05, 4.69) is 19.2 Å². The van der Waals surface area contributed by atoms with E-state index in [1.165, 1.54) is 9.87 Å². The first-order chi connectivity index (χ1) is 12.6. The van der Waals surface area contributed by atoms with E-state index in [0.29, 0.717) is 23.7 Å². The van der Waals surface area contributed by atoms with Crippen LogP contribution >= 0.6 is 0 Å². The number of sulfonamides is 1. The van der Waals surface area contributed by atoms with Crippen molar-refractivity contribution < 1.29 is 13.2 Å². The molecule has 0 fully saturated rings. The topological polar surface area (TPSA) is 66.5 Å². The van der Waals surface area contributed by atoms with Gasteiger partial charge in [0.05, 0.1) is 11.9 Å². The van der Waals surface area contributed by atoms with E-state index in [-0.39, 0.29) is 5.91 Å². The Labute approximate surface area is 162 Å². The maximum Gasteiger partial charge on any atom is 0.248 e. The van der Waals surface area contributed by atoms with Gasteiger partial charge in [0.25, 0.3) is 0 Å². The number of hydrogen-bond donors (Lipinski definition) is 1. The van der Waals surface area contributed by atoms with E-state index in [0.717, 1.165) is 11.8 Å². The maximum absolute atomic E-state index is 12.9. The second-order valence-corrected chi connectivity index (χ2v) is 8.94. The zero-order valence-electron chi connectivity index (χ0n) is 16.6. The van der Waals surface area contributed by atoms with Crippen LogP contribution in [0.3, 0.4) is 0 Å². The lowest BCUT2D eigenvalue weighted by Gasteiger charge is -2.30. The minimum Gasteiger partial charge on any atom is -0.324 e. The van der Waals surface area contributed by atoms with Crippen LogP contribution in [0.15, 0.2) is 48.5 Å². The Kier molecular flexibility index (Phi) is 6.65. The van der Waals surface area contributed by atoms with Crippen molar-refractivity contribution in [2.75, 3.05) is 15.9 Å². The average Bonchev–Trinajstić information content (AvgIpc) is 2.60. The van der Waals surface area contributed by atoms with E-state index in [1.54, 1.807) is 19.1 Å². The number of carbonyl (C=O) groups excluding carboxylic acids is 1. The molecule has 0 aromatic heterocycles. The summed E-state index contributed by atoms with van der Waals surface area (Å²) in [5.41, 5.74) is 3.34. The lowest BCUT2D eigenvalue weighted by Crippen LogP contribution is -2.47. The molecule has 27 heavy (non-hydrogen) atoms. The van der Waals surface area contributed by atoms with Crippen LogP contribution in [-0.4, -0.2) is 26.6 Å². The van der Waals surface area contributed by atoms with Gasteiger partial charge < -0.3 is 5.32 Å². The van der Waals surface area contributed by atoms with Crippen LogP contribution in [-0.2, 0) is 14.8 Å². The molecule has 0 saturated heterocycles. The number of aryl methyl sites for hydroxylation is 1. The number of anilines is 2. The summed E-state index contributed by atoms with van der Waals surface area (Å²) in [6.45, 7) is 7.94. The molecule has 1 N–H and O–H groups in total. The molecule has 1 amide bonds. The van der Waals surface area contributed by atoms with Crippen molar-refractivity contribution in [1.82, 2.24) is 0 Å². The number of carbonyl (C=O) groups is 1. The van der Waals surface area contributed by atoms with Crippen molar-refractivity contribution in [1.29, 1.82) is 0 Å². The first-order valence-corrected chi connectivity index (χ1v) is 10.9. The third-order valence-corrected chi connectivity index (χ3v) is 5.64. The number of amides is 1. The van der Waals surface area contributed by atoms with E-state index in [4.69, 9.17) is 0 Å². The molecule has 0 heterocycles. The third kappa shape index (κ3) is 5.32. The summed E-state index contributed by atoms with van der Waals surface area (Å²) in [7, 11) is -3.62. The summed E-state index contributed by atoms with van der Waals surface area (Å²) in [4.78, 5) is 12.9. The van der Waals surface area contributed by atoms with Crippen LogP contribution in [0.5, 0.6) is 0 Å². The second-order valence-electron chi connectivity index (χ2n) is 7.08. The summed E-state index contributed by atoms with van der Waals surface area (Å²) in [6, 6.07) is 13.9. The number of benzene rings is 2. The van der Waals surface area contributed by atoms with Crippen molar-refractivity contribution in [3.63, 3.8) is 0 Å². The molecule has 0 spiro atoms. The number of nitrogens with zero attached hydrogens (tertiary/aromatic N) is 1. The van der Waals surface area contributed by atoms with Crippen molar-refractivity contribution in [3.8, 4) is 0 Å². The predicted octanol–water partition coefficient (Wildman–Crippen LogP) is 4.30. The first kappa shape index (κ1) is 21.0. The molecule has 6 heteroatoms. The lowest BCUT2D eigenvalue weighted by atomic mass is 10.0. The largest absolute Gasteiger partial charge is 0.324 e. The molecule has 0 aliphatic heterocycles. The molecular weight excluding hydrogens is 360 g/mol. The summed E-state index contributed by atoms with van der Waals surface area (Å²) in [6.07, 6.45) is 1.48. The molecule has 146 valence electrons. The van der Waals surface area contributed by atoms with Gasteiger partial charge in [0.1, 0.15) is 6.04 Å². The summed E-state index contributed by atoms with van der Waals surface area (Å²) >= 11 is 0. The van der Waals surface area contributed by atoms with Crippen molar-refractivity contribution in [2.24, 2.45) is 0 Å². The van der Waals surface area contributed by atoms with Crippen molar-refractivity contribution >= 4 is 27.3 Å². The van der Waals surface area contributed by atoms with Gasteiger partial charge in [-0.25, -0.2) is 8.42 Å². The van der Waals surface area contributed by atoms with Gasteiger partial charge in [-0.2, -0.15) is 0 Å². The molecule has 0 bridgehead atoms. The number of hydrogen-bond acceptors (Lipinski definition) is 3. The first-order valence-electron chi connectivity index (χ1n) is 9.10. The Morgan fingerprint density at radius 1 is 1.04 bits per heavy atom. The van der Waals surface area contributed by atoms with Crippen LogP contribution in [0, 0.1) is 6.92 Å². The molecule has 2 rings (SSSR count). The molecule has 0 aliphatic carbocycles. The summed E-state index contributed by atoms with van der Waals surface area (Å²) in [5, 5.41) is 2.85. The van der Waals surface area contributed by atoms with Gasteiger partial charge in [0, 0.05) is 5.69 Å². The Morgan fingerprint density at radius 2 is 1.59 bits per heavy atom. The minimum atomic E-state index is -3.62. The van der Waals surface area contributed by atoms with Gasteiger partial charge in [-0.05, 0) is 49.1 Å². The molecule has 0 saturated carbocycles. The van der Waals surface area contributed by atoms with Gasteiger partial charge >= 0.3 is 0 Å². The second kappa shape index (κ2) is 8.57. The Hall–Kier alpha value is -2.34. The lowest BCUT2D eigenvalue weighted by molar-refractivity contribution is -0.117. The average molecular weight is 389 g/mol. The Morgan fingerprint density at radius 3 is 2.04 bits per heavy atom. The fraction of sp³-hybridized carbons (Fsp3) is 0.381. The zero-order chi connectivity index (χ0) is 20.2. The highest BCUT2D eigenvalue weighted by molar-refractivity contribution is 7.92. The molecule has 0 unspecified atom stereocenters. The van der Waals surface area contributed by atoms with Gasteiger partial charge in [0.15, 0.2) is 0 Å².